The summed E-state index contributed by atoms with van der Waals surface area (Å²) in [5.41, 5.74) is 0.899. The van der Waals surface area contributed by atoms with Crippen molar-refractivity contribution in [2.45, 2.75) is 12.7 Å². The summed E-state index contributed by atoms with van der Waals surface area (Å²) in [6.45, 7) is -1.17. The minimum atomic E-state index is -4.42. The Bertz CT molecular complexity index is 630. The molecular formula is C15H13F3N2O2. The highest BCUT2D eigenvalue weighted by atomic mass is 19.4. The molecule has 4 nitrogen and oxygen atoms in total. The van der Waals surface area contributed by atoms with Crippen LogP contribution in [-0.4, -0.2) is 23.7 Å². The molecule has 0 bridgehead atoms. The molecule has 2 aromatic rings. The number of carbonyl (C=O) groups excluding carboxylic acids is 1. The molecule has 1 heterocycles. The highest BCUT2D eigenvalue weighted by molar-refractivity contribution is 5.94. The lowest BCUT2D eigenvalue weighted by Crippen LogP contribution is -2.23. The average molecular weight is 310 g/mol. The minimum Gasteiger partial charge on any atom is -0.484 e. The van der Waals surface area contributed by atoms with Crippen molar-refractivity contribution in [1.29, 1.82) is 0 Å². The second-order valence-corrected chi connectivity index (χ2v) is 4.44. The van der Waals surface area contributed by atoms with Gasteiger partial charge in [-0.2, -0.15) is 13.2 Å². The largest absolute Gasteiger partial charge is 0.484 e. The van der Waals surface area contributed by atoms with Gasteiger partial charge in [0.2, 0.25) is 0 Å². The van der Waals surface area contributed by atoms with Crippen LogP contribution in [0.3, 0.4) is 0 Å². The number of benzene rings is 1. The Balaban J connectivity index is 1.95. The van der Waals surface area contributed by atoms with E-state index in [-0.39, 0.29) is 17.9 Å². The van der Waals surface area contributed by atoms with E-state index in [2.05, 4.69) is 15.0 Å². The van der Waals surface area contributed by atoms with Gasteiger partial charge in [0.15, 0.2) is 6.61 Å². The van der Waals surface area contributed by atoms with Gasteiger partial charge >= 0.3 is 6.18 Å². The first kappa shape index (κ1) is 15.8. The molecule has 116 valence electrons. The number of carbonyl (C=O) groups is 1. The monoisotopic (exact) mass is 310 g/mol. The van der Waals surface area contributed by atoms with E-state index in [9.17, 15) is 18.0 Å². The predicted octanol–water partition coefficient (Wildman–Crippen LogP) is 2.95. The van der Waals surface area contributed by atoms with Crippen LogP contribution in [0.2, 0.25) is 0 Å². The van der Waals surface area contributed by atoms with E-state index in [1.165, 1.54) is 24.3 Å². The van der Waals surface area contributed by atoms with Gasteiger partial charge in [-0.3, -0.25) is 9.78 Å². The maximum Gasteiger partial charge on any atom is 0.422 e. The molecule has 0 atom stereocenters. The molecule has 1 N–H and O–H groups in total. The number of alkyl halides is 3. The Morgan fingerprint density at radius 1 is 1.18 bits per heavy atom. The van der Waals surface area contributed by atoms with E-state index in [1.54, 1.807) is 24.4 Å². The topological polar surface area (TPSA) is 51.2 Å². The number of rotatable bonds is 5. The van der Waals surface area contributed by atoms with Gasteiger partial charge in [0.25, 0.3) is 5.91 Å². The Hall–Kier alpha value is -2.57. The number of halogens is 3. The van der Waals surface area contributed by atoms with Crippen molar-refractivity contribution in [3.05, 3.63) is 59.9 Å². The summed E-state index contributed by atoms with van der Waals surface area (Å²) in [5.74, 6) is -0.425. The number of nitrogens with one attached hydrogen (secondary N) is 1. The second kappa shape index (κ2) is 6.93. The summed E-state index contributed by atoms with van der Waals surface area (Å²) in [4.78, 5) is 16.0. The zero-order valence-corrected chi connectivity index (χ0v) is 11.4. The number of hydrogen-bond acceptors (Lipinski definition) is 3. The first-order valence-corrected chi connectivity index (χ1v) is 6.42. The van der Waals surface area contributed by atoms with E-state index in [4.69, 9.17) is 0 Å². The van der Waals surface area contributed by atoms with Crippen molar-refractivity contribution in [2.75, 3.05) is 6.61 Å². The predicted molar refractivity (Wildman–Crippen MR) is 73.4 cm³/mol. The molecule has 0 saturated carbocycles. The molecule has 0 spiro atoms. The summed E-state index contributed by atoms with van der Waals surface area (Å²) in [5, 5.41) is 2.64. The molecule has 0 saturated heterocycles. The van der Waals surface area contributed by atoms with E-state index >= 15 is 0 Å². The van der Waals surface area contributed by atoms with Gasteiger partial charge in [0.1, 0.15) is 5.75 Å². The molecule has 7 heteroatoms. The van der Waals surface area contributed by atoms with E-state index < -0.39 is 18.7 Å². The van der Waals surface area contributed by atoms with Gasteiger partial charge in [-0.25, -0.2) is 0 Å². The van der Waals surface area contributed by atoms with Gasteiger partial charge < -0.3 is 10.1 Å². The summed E-state index contributed by atoms with van der Waals surface area (Å²) in [6, 6.07) is 10.9. The zero-order valence-electron chi connectivity index (χ0n) is 11.4. The summed E-state index contributed by atoms with van der Waals surface area (Å²) in [7, 11) is 0. The smallest absolute Gasteiger partial charge is 0.422 e. The standard InChI is InChI=1S/C15H13F3N2O2/c16-15(17,18)10-22-13-6-3-4-11(8-13)14(21)20-9-12-5-1-2-7-19-12/h1-8H,9-10H2,(H,20,21). The number of ether oxygens (including phenoxy) is 1. The Labute approximate surface area is 124 Å². The number of pyridine rings is 1. The van der Waals surface area contributed by atoms with Crippen LogP contribution in [0.15, 0.2) is 48.7 Å². The lowest BCUT2D eigenvalue weighted by atomic mass is 10.2. The molecule has 22 heavy (non-hydrogen) atoms. The van der Waals surface area contributed by atoms with Crippen LogP contribution in [0.5, 0.6) is 5.75 Å². The van der Waals surface area contributed by atoms with Crippen molar-refractivity contribution in [3.63, 3.8) is 0 Å². The lowest BCUT2D eigenvalue weighted by molar-refractivity contribution is -0.153. The number of nitrogens with zero attached hydrogens (tertiary/aromatic N) is 1. The molecular weight excluding hydrogens is 297 g/mol. The third-order valence-electron chi connectivity index (χ3n) is 2.65. The third-order valence-corrected chi connectivity index (χ3v) is 2.65. The fourth-order valence-electron chi connectivity index (χ4n) is 1.67. The molecule has 0 aliphatic heterocycles. The summed E-state index contributed by atoms with van der Waals surface area (Å²) >= 11 is 0. The first-order chi connectivity index (χ1) is 10.4. The molecule has 1 aromatic heterocycles. The molecule has 0 aliphatic carbocycles. The molecule has 0 unspecified atom stereocenters. The van der Waals surface area contributed by atoms with Gasteiger partial charge in [-0.15, -0.1) is 0 Å². The zero-order chi connectivity index (χ0) is 16.0. The first-order valence-electron chi connectivity index (χ1n) is 6.42. The highest BCUT2D eigenvalue weighted by Gasteiger charge is 2.28. The Kier molecular flexibility index (Phi) is 4.98. The van der Waals surface area contributed by atoms with Crippen molar-refractivity contribution >= 4 is 5.91 Å². The van der Waals surface area contributed by atoms with Crippen LogP contribution in [0.25, 0.3) is 0 Å². The van der Waals surface area contributed by atoms with E-state index in [1.807, 2.05) is 0 Å². The molecule has 1 aromatic carbocycles. The van der Waals surface area contributed by atoms with Crippen LogP contribution in [0.1, 0.15) is 16.1 Å². The van der Waals surface area contributed by atoms with E-state index in [0.29, 0.717) is 5.69 Å². The van der Waals surface area contributed by atoms with Crippen LogP contribution in [0.4, 0.5) is 13.2 Å². The average Bonchev–Trinajstić information content (AvgIpc) is 2.51. The summed E-state index contributed by atoms with van der Waals surface area (Å²) in [6.07, 6.45) is -2.82. The van der Waals surface area contributed by atoms with Crippen molar-refractivity contribution in [1.82, 2.24) is 10.3 Å². The van der Waals surface area contributed by atoms with Gasteiger partial charge in [-0.05, 0) is 30.3 Å². The molecule has 0 fully saturated rings. The summed E-state index contributed by atoms with van der Waals surface area (Å²) < 4.78 is 40.9. The fraction of sp³-hybridized carbons (Fsp3) is 0.200. The van der Waals surface area contributed by atoms with Crippen molar-refractivity contribution < 1.29 is 22.7 Å². The maximum atomic E-state index is 12.1. The number of amides is 1. The second-order valence-electron chi connectivity index (χ2n) is 4.44. The fourth-order valence-corrected chi connectivity index (χ4v) is 1.67. The molecule has 0 radical (unpaired) electrons. The van der Waals surface area contributed by atoms with Crippen molar-refractivity contribution in [3.8, 4) is 5.75 Å². The van der Waals surface area contributed by atoms with Crippen LogP contribution in [0, 0.1) is 0 Å². The highest BCUT2D eigenvalue weighted by Crippen LogP contribution is 2.19. The van der Waals surface area contributed by atoms with Gasteiger partial charge in [-0.1, -0.05) is 12.1 Å². The molecule has 2 rings (SSSR count). The molecule has 1 amide bonds. The Morgan fingerprint density at radius 3 is 2.68 bits per heavy atom. The molecule has 0 aliphatic rings. The van der Waals surface area contributed by atoms with E-state index in [0.717, 1.165) is 0 Å². The Morgan fingerprint density at radius 2 is 2.00 bits per heavy atom. The van der Waals surface area contributed by atoms with Crippen LogP contribution < -0.4 is 10.1 Å². The lowest BCUT2D eigenvalue weighted by Gasteiger charge is -2.10. The minimum absolute atomic E-state index is 0.0113. The van der Waals surface area contributed by atoms with Crippen molar-refractivity contribution in [2.24, 2.45) is 0 Å². The van der Waals surface area contributed by atoms with Gasteiger partial charge in [0.05, 0.1) is 12.2 Å². The van der Waals surface area contributed by atoms with Crippen LogP contribution >= 0.6 is 0 Å². The SMILES string of the molecule is O=C(NCc1ccccn1)c1cccc(OCC(F)(F)F)c1. The maximum absolute atomic E-state index is 12.1. The van der Waals surface area contributed by atoms with Gasteiger partial charge in [0, 0.05) is 11.8 Å². The third kappa shape index (κ3) is 5.08. The van der Waals surface area contributed by atoms with Crippen LogP contribution in [-0.2, 0) is 6.54 Å². The quantitative estimate of drug-likeness (QED) is 0.924. The number of hydrogen-bond donors (Lipinski definition) is 1. The normalized spacial score (nSPS) is 11.0. The number of aromatic nitrogens is 1.